The Bertz CT molecular complexity index is 1130. The molecule has 2 amide bonds. The van der Waals surface area contributed by atoms with Gasteiger partial charge in [0.15, 0.2) is 6.61 Å². The lowest BCUT2D eigenvalue weighted by Gasteiger charge is -2.12. The highest BCUT2D eigenvalue weighted by Crippen LogP contribution is 2.34. The first-order valence-electron chi connectivity index (χ1n) is 9.59. The molecule has 32 heavy (non-hydrogen) atoms. The SMILES string of the molecule is CNC(=O)c1ccc(NC(=O)COc2ccc([N+](=O)[O-])cc2-c2ccc(OC)cc2)cc1. The summed E-state index contributed by atoms with van der Waals surface area (Å²) in [5.74, 6) is 0.321. The molecule has 0 unspecified atom stereocenters. The zero-order chi connectivity index (χ0) is 23.1. The Morgan fingerprint density at radius 3 is 2.28 bits per heavy atom. The van der Waals surface area contributed by atoms with Crippen molar-refractivity contribution in [2.24, 2.45) is 0 Å². The first-order chi connectivity index (χ1) is 15.4. The molecule has 2 N–H and O–H groups in total. The van der Waals surface area contributed by atoms with E-state index in [0.29, 0.717) is 33.9 Å². The lowest BCUT2D eigenvalue weighted by molar-refractivity contribution is -0.384. The van der Waals surface area contributed by atoms with Crippen LogP contribution in [0.2, 0.25) is 0 Å². The molecule has 9 nitrogen and oxygen atoms in total. The second-order valence-electron chi connectivity index (χ2n) is 6.66. The van der Waals surface area contributed by atoms with Gasteiger partial charge >= 0.3 is 0 Å². The highest BCUT2D eigenvalue weighted by atomic mass is 16.6. The van der Waals surface area contributed by atoms with E-state index in [1.807, 2.05) is 0 Å². The van der Waals surface area contributed by atoms with Crippen LogP contribution < -0.4 is 20.1 Å². The van der Waals surface area contributed by atoms with Crippen LogP contribution in [0.3, 0.4) is 0 Å². The summed E-state index contributed by atoms with van der Waals surface area (Å²) in [7, 11) is 3.08. The van der Waals surface area contributed by atoms with E-state index in [1.54, 1.807) is 55.6 Å². The van der Waals surface area contributed by atoms with Crippen LogP contribution in [0.4, 0.5) is 11.4 Å². The Morgan fingerprint density at radius 2 is 1.69 bits per heavy atom. The molecule has 0 radical (unpaired) electrons. The van der Waals surface area contributed by atoms with Crippen molar-refractivity contribution in [3.8, 4) is 22.6 Å². The van der Waals surface area contributed by atoms with E-state index in [-0.39, 0.29) is 18.2 Å². The summed E-state index contributed by atoms with van der Waals surface area (Å²) in [5, 5.41) is 16.4. The topological polar surface area (TPSA) is 120 Å². The summed E-state index contributed by atoms with van der Waals surface area (Å²) in [6, 6.07) is 17.5. The third kappa shape index (κ3) is 5.39. The highest BCUT2D eigenvalue weighted by Gasteiger charge is 2.15. The minimum atomic E-state index is -0.494. The molecule has 0 bridgehead atoms. The molecular formula is C23H21N3O6. The van der Waals surface area contributed by atoms with Crippen LogP contribution in [-0.4, -0.2) is 37.5 Å². The van der Waals surface area contributed by atoms with E-state index >= 15 is 0 Å². The predicted octanol–water partition coefficient (Wildman–Crippen LogP) is 3.65. The average Bonchev–Trinajstić information content (AvgIpc) is 2.82. The van der Waals surface area contributed by atoms with Crippen molar-refractivity contribution in [3.05, 3.63) is 82.4 Å². The van der Waals surface area contributed by atoms with Gasteiger partial charge in [-0.2, -0.15) is 0 Å². The number of hydrogen-bond donors (Lipinski definition) is 2. The molecule has 0 fully saturated rings. The Labute approximate surface area is 184 Å². The van der Waals surface area contributed by atoms with E-state index in [4.69, 9.17) is 9.47 Å². The van der Waals surface area contributed by atoms with Crippen molar-refractivity contribution >= 4 is 23.2 Å². The summed E-state index contributed by atoms with van der Waals surface area (Å²) in [5.41, 5.74) is 2.03. The quantitative estimate of drug-likeness (QED) is 0.412. The van der Waals surface area contributed by atoms with Crippen LogP contribution in [0.5, 0.6) is 11.5 Å². The molecule has 0 aliphatic rings. The van der Waals surface area contributed by atoms with Gasteiger partial charge in [0.05, 0.1) is 12.0 Å². The predicted molar refractivity (Wildman–Crippen MR) is 119 cm³/mol. The Hall–Kier alpha value is -4.40. The zero-order valence-electron chi connectivity index (χ0n) is 17.5. The average molecular weight is 435 g/mol. The number of rotatable bonds is 8. The first kappa shape index (κ1) is 22.3. The van der Waals surface area contributed by atoms with Crippen LogP contribution in [0.15, 0.2) is 66.7 Å². The van der Waals surface area contributed by atoms with Gasteiger partial charge in [-0.3, -0.25) is 19.7 Å². The number of nitrogens with zero attached hydrogens (tertiary/aromatic N) is 1. The second-order valence-corrected chi connectivity index (χ2v) is 6.66. The van der Waals surface area contributed by atoms with Gasteiger partial charge < -0.3 is 20.1 Å². The normalized spacial score (nSPS) is 10.2. The Balaban J connectivity index is 1.74. The molecule has 0 atom stereocenters. The zero-order valence-corrected chi connectivity index (χ0v) is 17.5. The van der Waals surface area contributed by atoms with Crippen LogP contribution in [-0.2, 0) is 4.79 Å². The number of amides is 2. The van der Waals surface area contributed by atoms with Gasteiger partial charge in [0.2, 0.25) is 0 Å². The lowest BCUT2D eigenvalue weighted by Crippen LogP contribution is -2.21. The molecule has 3 rings (SSSR count). The van der Waals surface area contributed by atoms with Crippen molar-refractivity contribution in [3.63, 3.8) is 0 Å². The Kier molecular flexibility index (Phi) is 7.02. The third-order valence-corrected chi connectivity index (χ3v) is 4.59. The van der Waals surface area contributed by atoms with Gasteiger partial charge in [-0.05, 0) is 48.0 Å². The molecule has 0 spiro atoms. The second kappa shape index (κ2) is 10.1. The first-order valence-corrected chi connectivity index (χ1v) is 9.59. The summed E-state index contributed by atoms with van der Waals surface area (Å²) >= 11 is 0. The van der Waals surface area contributed by atoms with E-state index in [9.17, 15) is 19.7 Å². The standard InChI is InChI=1S/C23H21N3O6/c1-24-23(28)16-3-7-17(8-4-16)25-22(27)14-32-21-12-9-18(26(29)30)13-20(21)15-5-10-19(31-2)11-6-15/h3-13H,14H2,1-2H3,(H,24,28)(H,25,27). The van der Waals surface area contributed by atoms with Crippen molar-refractivity contribution in [2.45, 2.75) is 0 Å². The fourth-order valence-corrected chi connectivity index (χ4v) is 2.94. The number of ether oxygens (including phenoxy) is 2. The molecule has 0 aliphatic carbocycles. The van der Waals surface area contributed by atoms with Gasteiger partial charge in [-0.1, -0.05) is 12.1 Å². The smallest absolute Gasteiger partial charge is 0.270 e. The Morgan fingerprint density at radius 1 is 1.00 bits per heavy atom. The maximum atomic E-state index is 12.3. The number of non-ortho nitro benzene ring substituents is 1. The molecular weight excluding hydrogens is 414 g/mol. The number of nitro benzene ring substituents is 1. The molecule has 0 aromatic heterocycles. The molecule has 0 aliphatic heterocycles. The number of carbonyl (C=O) groups is 2. The van der Waals surface area contributed by atoms with E-state index < -0.39 is 10.8 Å². The number of nitro groups is 1. The minimum Gasteiger partial charge on any atom is -0.497 e. The number of hydrogen-bond acceptors (Lipinski definition) is 6. The third-order valence-electron chi connectivity index (χ3n) is 4.59. The molecule has 9 heteroatoms. The molecule has 0 heterocycles. The van der Waals surface area contributed by atoms with E-state index in [2.05, 4.69) is 10.6 Å². The number of methoxy groups -OCH3 is 1. The van der Waals surface area contributed by atoms with Crippen LogP contribution in [0, 0.1) is 10.1 Å². The maximum absolute atomic E-state index is 12.3. The maximum Gasteiger partial charge on any atom is 0.270 e. The number of anilines is 1. The summed E-state index contributed by atoms with van der Waals surface area (Å²) in [6.45, 7) is -0.307. The minimum absolute atomic E-state index is 0.0937. The van der Waals surface area contributed by atoms with Gasteiger partial charge in [0.25, 0.3) is 17.5 Å². The van der Waals surface area contributed by atoms with Gasteiger partial charge in [0, 0.05) is 36.0 Å². The summed E-state index contributed by atoms with van der Waals surface area (Å²) in [4.78, 5) is 34.6. The van der Waals surface area contributed by atoms with Crippen molar-refractivity contribution in [1.82, 2.24) is 5.32 Å². The van der Waals surface area contributed by atoms with Crippen molar-refractivity contribution in [2.75, 3.05) is 26.1 Å². The number of carbonyl (C=O) groups excluding carboxylic acids is 2. The molecule has 164 valence electrons. The van der Waals surface area contributed by atoms with Gasteiger partial charge in [-0.15, -0.1) is 0 Å². The molecule has 3 aromatic carbocycles. The van der Waals surface area contributed by atoms with Crippen LogP contribution >= 0.6 is 0 Å². The highest BCUT2D eigenvalue weighted by molar-refractivity contribution is 5.96. The molecule has 0 saturated carbocycles. The van der Waals surface area contributed by atoms with Gasteiger partial charge in [0.1, 0.15) is 11.5 Å². The van der Waals surface area contributed by atoms with Crippen LogP contribution in [0.1, 0.15) is 10.4 Å². The molecule has 3 aromatic rings. The lowest BCUT2D eigenvalue weighted by atomic mass is 10.0. The van der Waals surface area contributed by atoms with Crippen molar-refractivity contribution < 1.29 is 24.0 Å². The molecule has 0 saturated heterocycles. The largest absolute Gasteiger partial charge is 0.497 e. The monoisotopic (exact) mass is 435 g/mol. The van der Waals surface area contributed by atoms with Gasteiger partial charge in [-0.25, -0.2) is 0 Å². The summed E-state index contributed by atoms with van der Waals surface area (Å²) < 4.78 is 10.8. The number of benzene rings is 3. The number of nitrogens with one attached hydrogen (secondary N) is 2. The summed E-state index contributed by atoms with van der Waals surface area (Å²) in [6.07, 6.45) is 0. The van der Waals surface area contributed by atoms with Crippen molar-refractivity contribution in [1.29, 1.82) is 0 Å². The fraction of sp³-hybridized carbons (Fsp3) is 0.130. The fourth-order valence-electron chi connectivity index (χ4n) is 2.94. The van der Waals surface area contributed by atoms with E-state index in [0.717, 1.165) is 0 Å². The van der Waals surface area contributed by atoms with Crippen LogP contribution in [0.25, 0.3) is 11.1 Å². The van der Waals surface area contributed by atoms with E-state index in [1.165, 1.54) is 25.2 Å².